The van der Waals surface area contributed by atoms with Crippen LogP contribution < -0.4 is 5.73 Å². The molecular weight excluding hydrogens is 384 g/mol. The molecule has 1 aliphatic heterocycles. The molecule has 0 aliphatic carbocycles. The molecule has 27 heavy (non-hydrogen) atoms. The summed E-state index contributed by atoms with van der Waals surface area (Å²) < 4.78 is 0. The van der Waals surface area contributed by atoms with E-state index in [0.29, 0.717) is 5.02 Å². The average molecular weight is 401 g/mol. The van der Waals surface area contributed by atoms with E-state index in [1.54, 1.807) is 24.3 Å². The molecule has 0 aromatic heterocycles. The monoisotopic (exact) mass is 400 g/mol. The smallest absolute Gasteiger partial charge is 0.243 e. The lowest BCUT2D eigenvalue weighted by atomic mass is 10.2. The lowest BCUT2D eigenvalue weighted by Gasteiger charge is -2.14. The van der Waals surface area contributed by atoms with E-state index in [1.165, 1.54) is 11.1 Å². The quantitative estimate of drug-likeness (QED) is 0.361. The molecule has 2 amide bonds. The van der Waals surface area contributed by atoms with Crippen molar-refractivity contribution in [3.63, 3.8) is 0 Å². The molecule has 6 nitrogen and oxygen atoms in total. The van der Waals surface area contributed by atoms with Crippen LogP contribution in [0, 0.1) is 0 Å². The number of likely N-dealkylation sites (tertiary alicyclic amines) is 1. The fraction of sp³-hybridized carbons (Fsp3) is 0.158. The number of rotatable bonds is 5. The molecule has 3 rings (SSSR count). The van der Waals surface area contributed by atoms with Crippen molar-refractivity contribution in [2.75, 3.05) is 0 Å². The summed E-state index contributed by atoms with van der Waals surface area (Å²) in [4.78, 5) is 25.9. The normalized spacial score (nSPS) is 17.9. The second-order valence-corrected chi connectivity index (χ2v) is 7.51. The third-order valence-electron chi connectivity index (χ3n) is 3.88. The number of halogens is 1. The zero-order valence-electron chi connectivity index (χ0n) is 14.3. The maximum Gasteiger partial charge on any atom is 0.243 e. The van der Waals surface area contributed by atoms with Crippen LogP contribution in [0.2, 0.25) is 5.02 Å². The minimum atomic E-state index is -0.573. The Morgan fingerprint density at radius 1 is 1.19 bits per heavy atom. The Morgan fingerprint density at radius 3 is 2.59 bits per heavy atom. The van der Waals surface area contributed by atoms with Gasteiger partial charge in [-0.2, -0.15) is 5.10 Å². The van der Waals surface area contributed by atoms with Gasteiger partial charge in [0.1, 0.15) is 5.25 Å². The first-order valence-electron chi connectivity index (χ1n) is 8.20. The average Bonchev–Trinajstić information content (AvgIpc) is 2.91. The van der Waals surface area contributed by atoms with Crippen LogP contribution in [-0.2, 0) is 16.1 Å². The van der Waals surface area contributed by atoms with Gasteiger partial charge in [-0.3, -0.25) is 14.5 Å². The largest absolute Gasteiger partial charge is 0.377 e. The molecule has 1 saturated heterocycles. The second-order valence-electron chi connectivity index (χ2n) is 5.85. The van der Waals surface area contributed by atoms with Gasteiger partial charge in [0.15, 0.2) is 5.17 Å². The zero-order valence-corrected chi connectivity index (χ0v) is 15.9. The van der Waals surface area contributed by atoms with Gasteiger partial charge in [-0.1, -0.05) is 65.8 Å². The van der Waals surface area contributed by atoms with E-state index in [1.807, 2.05) is 30.3 Å². The molecule has 2 N–H and O–H groups in total. The van der Waals surface area contributed by atoms with Gasteiger partial charge >= 0.3 is 0 Å². The molecule has 8 heteroatoms. The van der Waals surface area contributed by atoms with Gasteiger partial charge in [0, 0.05) is 11.4 Å². The summed E-state index contributed by atoms with van der Waals surface area (Å²) >= 11 is 6.87. The Morgan fingerprint density at radius 2 is 1.89 bits per heavy atom. The molecule has 1 aliphatic rings. The number of carbonyl (C=O) groups is 2. The van der Waals surface area contributed by atoms with Crippen molar-refractivity contribution in [3.8, 4) is 0 Å². The molecule has 1 heterocycles. The van der Waals surface area contributed by atoms with Crippen molar-refractivity contribution >= 4 is 46.6 Å². The summed E-state index contributed by atoms with van der Waals surface area (Å²) in [7, 11) is 0. The van der Waals surface area contributed by atoms with Gasteiger partial charge in [-0.05, 0) is 23.3 Å². The van der Waals surface area contributed by atoms with Crippen molar-refractivity contribution in [2.24, 2.45) is 15.9 Å². The first kappa shape index (κ1) is 19.1. The van der Waals surface area contributed by atoms with Crippen LogP contribution in [0.25, 0.3) is 0 Å². The van der Waals surface area contributed by atoms with E-state index in [-0.39, 0.29) is 29.9 Å². The van der Waals surface area contributed by atoms with Gasteiger partial charge in [-0.15, -0.1) is 5.10 Å². The molecule has 0 spiro atoms. The summed E-state index contributed by atoms with van der Waals surface area (Å²) in [6.07, 6.45) is 1.64. The van der Waals surface area contributed by atoms with Crippen molar-refractivity contribution < 1.29 is 9.59 Å². The first-order valence-corrected chi connectivity index (χ1v) is 9.45. The molecule has 1 atom stereocenters. The van der Waals surface area contributed by atoms with Crippen LogP contribution in [0.3, 0.4) is 0 Å². The summed E-state index contributed by atoms with van der Waals surface area (Å²) in [5.74, 6) is -0.465. The van der Waals surface area contributed by atoms with E-state index >= 15 is 0 Å². The highest BCUT2D eigenvalue weighted by Gasteiger charge is 2.39. The highest BCUT2D eigenvalue weighted by molar-refractivity contribution is 8.14. The maximum atomic E-state index is 12.5. The van der Waals surface area contributed by atoms with E-state index in [4.69, 9.17) is 17.3 Å². The number of hydrogen-bond donors (Lipinski definition) is 1. The Bertz CT molecular complexity index is 884. The highest BCUT2D eigenvalue weighted by atomic mass is 35.5. The summed E-state index contributed by atoms with van der Waals surface area (Å²) in [5.41, 5.74) is 7.57. The van der Waals surface area contributed by atoms with Crippen molar-refractivity contribution in [3.05, 3.63) is 70.7 Å². The van der Waals surface area contributed by atoms with Crippen LogP contribution in [-0.4, -0.2) is 33.3 Å². The number of amidine groups is 1. The van der Waals surface area contributed by atoms with Crippen molar-refractivity contribution in [2.45, 2.75) is 18.2 Å². The molecule has 138 valence electrons. The molecule has 1 fully saturated rings. The number of carbonyl (C=O) groups excluding carboxylic acids is 2. The van der Waals surface area contributed by atoms with Gasteiger partial charge < -0.3 is 5.73 Å². The number of amides is 2. The van der Waals surface area contributed by atoms with Crippen LogP contribution >= 0.6 is 23.4 Å². The lowest BCUT2D eigenvalue weighted by molar-refractivity contribution is -0.138. The van der Waals surface area contributed by atoms with E-state index < -0.39 is 5.25 Å². The molecular formula is C19H17ClN4O2S. The molecule has 2 aromatic carbocycles. The van der Waals surface area contributed by atoms with E-state index in [9.17, 15) is 9.59 Å². The van der Waals surface area contributed by atoms with Gasteiger partial charge in [-0.25, -0.2) is 0 Å². The third-order valence-corrected chi connectivity index (χ3v) is 5.11. The fourth-order valence-electron chi connectivity index (χ4n) is 2.55. The number of imide groups is 1. The Balaban J connectivity index is 1.59. The first-order chi connectivity index (χ1) is 13.0. The highest BCUT2D eigenvalue weighted by Crippen LogP contribution is 2.26. The van der Waals surface area contributed by atoms with Crippen molar-refractivity contribution in [1.29, 1.82) is 0 Å². The SMILES string of the molecule is N/C(=N\N=C\c1ccc(Cl)cc1)SC1CC(=O)N(Cc2ccccc2)C1=O. The zero-order chi connectivity index (χ0) is 19.2. The summed E-state index contributed by atoms with van der Waals surface area (Å²) in [5, 5.41) is 7.99. The van der Waals surface area contributed by atoms with Crippen molar-refractivity contribution in [1.82, 2.24) is 4.90 Å². The molecule has 0 bridgehead atoms. The lowest BCUT2D eigenvalue weighted by Crippen LogP contribution is -2.31. The topological polar surface area (TPSA) is 88.1 Å². The van der Waals surface area contributed by atoms with Crippen LogP contribution in [0.15, 0.2) is 64.8 Å². The van der Waals surface area contributed by atoms with Gasteiger partial charge in [0.25, 0.3) is 0 Å². The second kappa shape index (κ2) is 8.83. The summed E-state index contributed by atoms with van der Waals surface area (Å²) in [6.45, 7) is 0.265. The maximum absolute atomic E-state index is 12.5. The number of hydrogen-bond acceptors (Lipinski definition) is 5. The van der Waals surface area contributed by atoms with Crippen LogP contribution in [0.4, 0.5) is 0 Å². The predicted octanol–water partition coefficient (Wildman–Crippen LogP) is 3.05. The molecule has 2 aromatic rings. The predicted molar refractivity (Wildman–Crippen MR) is 109 cm³/mol. The standard InChI is InChI=1S/C19H17ClN4O2S/c20-15-8-6-13(7-9-15)11-22-23-19(21)27-16-10-17(25)24(18(16)26)12-14-4-2-1-3-5-14/h1-9,11,16H,10,12H2,(H2,21,23)/b22-11+. The van der Waals surface area contributed by atoms with Crippen LogP contribution in [0.1, 0.15) is 17.5 Å². The Kier molecular flexibility index (Phi) is 6.26. The third kappa shape index (κ3) is 5.18. The number of nitrogens with zero attached hydrogens (tertiary/aromatic N) is 3. The van der Waals surface area contributed by atoms with E-state index in [0.717, 1.165) is 22.9 Å². The summed E-state index contributed by atoms with van der Waals surface area (Å²) in [6, 6.07) is 16.5. The van der Waals surface area contributed by atoms with Gasteiger partial charge in [0.05, 0.1) is 12.8 Å². The number of nitrogens with two attached hydrogens (primary N) is 1. The minimum absolute atomic E-state index is 0.105. The number of benzene rings is 2. The minimum Gasteiger partial charge on any atom is -0.377 e. The fourth-order valence-corrected chi connectivity index (χ4v) is 3.51. The molecule has 1 unspecified atom stereocenters. The molecule has 0 saturated carbocycles. The van der Waals surface area contributed by atoms with Crippen LogP contribution in [0.5, 0.6) is 0 Å². The molecule has 0 radical (unpaired) electrons. The number of thioether (sulfide) groups is 1. The van der Waals surface area contributed by atoms with E-state index in [2.05, 4.69) is 10.2 Å². The Labute approximate surface area is 166 Å². The van der Waals surface area contributed by atoms with Gasteiger partial charge in [0.2, 0.25) is 11.8 Å². The Hall–Kier alpha value is -2.64.